The number of methoxy groups -OCH3 is 1. The highest BCUT2D eigenvalue weighted by Gasteiger charge is 2.51. The summed E-state index contributed by atoms with van der Waals surface area (Å²) in [6, 6.07) is 0. The van der Waals surface area contributed by atoms with Gasteiger partial charge in [-0.1, -0.05) is 0 Å². The maximum atomic E-state index is 12.4. The molecular weight excluding hydrogens is 262 g/mol. The molecule has 1 aliphatic heterocycles. The summed E-state index contributed by atoms with van der Waals surface area (Å²) in [5.74, 6) is -2.48. The van der Waals surface area contributed by atoms with E-state index in [1.807, 2.05) is 21.0 Å². The van der Waals surface area contributed by atoms with E-state index in [1.165, 1.54) is 7.11 Å². The van der Waals surface area contributed by atoms with Crippen molar-refractivity contribution in [3.8, 4) is 0 Å². The minimum absolute atomic E-state index is 0.0397. The van der Waals surface area contributed by atoms with Crippen LogP contribution in [0.3, 0.4) is 0 Å². The van der Waals surface area contributed by atoms with Crippen molar-refractivity contribution in [1.29, 1.82) is 0 Å². The highest BCUT2D eigenvalue weighted by molar-refractivity contribution is 6.09. The highest BCUT2D eigenvalue weighted by atomic mass is 16.7. The maximum Gasteiger partial charge on any atom is 0.316 e. The fourth-order valence-corrected chi connectivity index (χ4v) is 2.73. The molecule has 112 valence electrons. The van der Waals surface area contributed by atoms with E-state index in [2.05, 4.69) is 0 Å². The molecule has 2 fully saturated rings. The summed E-state index contributed by atoms with van der Waals surface area (Å²) in [6.45, 7) is 2.38. The fourth-order valence-electron chi connectivity index (χ4n) is 2.73. The fraction of sp³-hybridized carbons (Fsp3) is 0.714. The van der Waals surface area contributed by atoms with Crippen LogP contribution in [-0.4, -0.2) is 56.4 Å². The van der Waals surface area contributed by atoms with Crippen molar-refractivity contribution in [2.45, 2.75) is 31.7 Å². The smallest absolute Gasteiger partial charge is 0.316 e. The number of hydrogen-bond acceptors (Lipinski definition) is 6. The standard InChI is InChI=1S/C14H21NO5/c1-9-8-19-14(20-9)5-10(7-15(2)3)12(16)11(6-14)13(17)18-4/h7,9,11H,5-6,8H2,1-4H3. The molecule has 6 nitrogen and oxygen atoms in total. The van der Waals surface area contributed by atoms with Gasteiger partial charge in [-0.2, -0.15) is 0 Å². The number of nitrogens with zero attached hydrogens (tertiary/aromatic N) is 1. The molecule has 0 amide bonds. The number of hydrogen-bond donors (Lipinski definition) is 0. The van der Waals surface area contributed by atoms with E-state index in [0.717, 1.165) is 0 Å². The van der Waals surface area contributed by atoms with E-state index in [4.69, 9.17) is 14.2 Å². The topological polar surface area (TPSA) is 65.1 Å². The van der Waals surface area contributed by atoms with Crippen molar-refractivity contribution in [2.24, 2.45) is 5.92 Å². The van der Waals surface area contributed by atoms with E-state index >= 15 is 0 Å². The molecule has 1 heterocycles. The molecule has 2 rings (SSSR count). The third kappa shape index (κ3) is 2.86. The van der Waals surface area contributed by atoms with Gasteiger partial charge in [0.15, 0.2) is 11.6 Å². The Morgan fingerprint density at radius 2 is 2.20 bits per heavy atom. The molecule has 1 aliphatic carbocycles. The van der Waals surface area contributed by atoms with Crippen LogP contribution in [0.5, 0.6) is 0 Å². The van der Waals surface area contributed by atoms with E-state index in [1.54, 1.807) is 11.1 Å². The summed E-state index contributed by atoms with van der Waals surface area (Å²) in [6.07, 6.45) is 2.26. The largest absolute Gasteiger partial charge is 0.468 e. The van der Waals surface area contributed by atoms with Crippen LogP contribution >= 0.6 is 0 Å². The Labute approximate surface area is 118 Å². The Morgan fingerprint density at radius 1 is 1.50 bits per heavy atom. The molecule has 0 aromatic heterocycles. The van der Waals surface area contributed by atoms with E-state index in [9.17, 15) is 9.59 Å². The third-order valence-electron chi connectivity index (χ3n) is 3.50. The first-order valence-corrected chi connectivity index (χ1v) is 6.68. The first-order valence-electron chi connectivity index (χ1n) is 6.68. The number of rotatable bonds is 2. The number of esters is 1. The Bertz CT molecular complexity index is 445. The second kappa shape index (κ2) is 5.54. The quantitative estimate of drug-likeness (QED) is 0.422. The normalized spacial score (nSPS) is 35.6. The van der Waals surface area contributed by atoms with Crippen LogP contribution in [0.1, 0.15) is 19.8 Å². The van der Waals surface area contributed by atoms with Gasteiger partial charge in [-0.05, 0) is 6.92 Å². The number of ether oxygens (including phenoxy) is 3. The summed E-state index contributed by atoms with van der Waals surface area (Å²) in [7, 11) is 4.94. The molecule has 6 heteroatoms. The Kier molecular flexibility index (Phi) is 4.15. The van der Waals surface area contributed by atoms with Crippen molar-refractivity contribution in [3.63, 3.8) is 0 Å². The van der Waals surface area contributed by atoms with Crippen molar-refractivity contribution < 1.29 is 23.8 Å². The molecular formula is C14H21NO5. The van der Waals surface area contributed by atoms with Gasteiger partial charge in [-0.25, -0.2) is 0 Å². The first kappa shape index (κ1) is 15.0. The maximum absolute atomic E-state index is 12.4. The van der Waals surface area contributed by atoms with Crippen LogP contribution in [0.25, 0.3) is 0 Å². The van der Waals surface area contributed by atoms with Crippen molar-refractivity contribution in [3.05, 3.63) is 11.8 Å². The molecule has 2 aliphatic rings. The lowest BCUT2D eigenvalue weighted by molar-refractivity contribution is -0.193. The molecule has 3 unspecified atom stereocenters. The SMILES string of the molecule is COC(=O)C1CC2(CC(=CN(C)C)C1=O)OCC(C)O2. The van der Waals surface area contributed by atoms with Crippen LogP contribution in [0, 0.1) is 5.92 Å². The molecule has 1 spiro atoms. The molecule has 0 N–H and O–H groups in total. The monoisotopic (exact) mass is 283 g/mol. The molecule has 1 saturated carbocycles. The van der Waals surface area contributed by atoms with Gasteiger partial charge in [0.2, 0.25) is 0 Å². The third-order valence-corrected chi connectivity index (χ3v) is 3.50. The molecule has 1 saturated heterocycles. The summed E-state index contributed by atoms with van der Waals surface area (Å²) in [5, 5.41) is 0. The molecule has 0 bridgehead atoms. The van der Waals surface area contributed by atoms with Crippen LogP contribution in [0.15, 0.2) is 11.8 Å². The van der Waals surface area contributed by atoms with Gasteiger partial charge in [-0.15, -0.1) is 0 Å². The predicted molar refractivity (Wildman–Crippen MR) is 70.7 cm³/mol. The van der Waals surface area contributed by atoms with Gasteiger partial charge in [0.25, 0.3) is 0 Å². The zero-order chi connectivity index (χ0) is 14.9. The average molecular weight is 283 g/mol. The number of carbonyl (C=O) groups is 2. The molecule has 0 aromatic carbocycles. The lowest BCUT2D eigenvalue weighted by atomic mass is 9.80. The lowest BCUT2D eigenvalue weighted by Crippen LogP contribution is -2.45. The summed E-state index contributed by atoms with van der Waals surface area (Å²) in [4.78, 5) is 26.0. The molecule has 0 aromatic rings. The number of Topliss-reactive ketones (excluding diaryl/α,β-unsaturated/α-hetero) is 1. The van der Waals surface area contributed by atoms with Gasteiger partial charge in [0, 0.05) is 38.7 Å². The van der Waals surface area contributed by atoms with Crippen molar-refractivity contribution >= 4 is 11.8 Å². The van der Waals surface area contributed by atoms with Crippen LogP contribution < -0.4 is 0 Å². The zero-order valence-electron chi connectivity index (χ0n) is 12.3. The predicted octanol–water partition coefficient (Wildman–Crippen LogP) is 0.716. The van der Waals surface area contributed by atoms with Gasteiger partial charge in [-0.3, -0.25) is 9.59 Å². The minimum Gasteiger partial charge on any atom is -0.468 e. The van der Waals surface area contributed by atoms with E-state index in [0.29, 0.717) is 18.6 Å². The van der Waals surface area contributed by atoms with Gasteiger partial charge in [0.1, 0.15) is 5.92 Å². The van der Waals surface area contributed by atoms with E-state index < -0.39 is 17.7 Å². The molecule has 3 atom stereocenters. The second-order valence-corrected chi connectivity index (χ2v) is 5.59. The summed E-state index contributed by atoms with van der Waals surface area (Å²) >= 11 is 0. The molecule has 20 heavy (non-hydrogen) atoms. The zero-order valence-corrected chi connectivity index (χ0v) is 12.3. The average Bonchev–Trinajstić information content (AvgIpc) is 2.73. The number of carbonyl (C=O) groups excluding carboxylic acids is 2. The van der Waals surface area contributed by atoms with Crippen molar-refractivity contribution in [2.75, 3.05) is 27.8 Å². The van der Waals surface area contributed by atoms with Crippen molar-refractivity contribution in [1.82, 2.24) is 4.90 Å². The second-order valence-electron chi connectivity index (χ2n) is 5.59. The van der Waals surface area contributed by atoms with Gasteiger partial charge in [0.05, 0.1) is 19.8 Å². The van der Waals surface area contributed by atoms with Crippen LogP contribution in [0.4, 0.5) is 0 Å². The summed E-state index contributed by atoms with van der Waals surface area (Å²) < 4.78 is 16.3. The number of ketones is 1. The minimum atomic E-state index is -0.881. The van der Waals surface area contributed by atoms with E-state index in [-0.39, 0.29) is 18.3 Å². The first-order chi connectivity index (χ1) is 9.37. The van der Waals surface area contributed by atoms with Crippen LogP contribution in [-0.2, 0) is 23.8 Å². The van der Waals surface area contributed by atoms with Crippen LogP contribution in [0.2, 0.25) is 0 Å². The van der Waals surface area contributed by atoms with Gasteiger partial charge >= 0.3 is 5.97 Å². The Morgan fingerprint density at radius 3 is 2.70 bits per heavy atom. The Hall–Kier alpha value is -1.40. The lowest BCUT2D eigenvalue weighted by Gasteiger charge is -2.36. The summed E-state index contributed by atoms with van der Waals surface area (Å²) in [5.41, 5.74) is 0.533. The molecule has 0 radical (unpaired) electrons. The highest BCUT2D eigenvalue weighted by Crippen LogP contribution is 2.41. The van der Waals surface area contributed by atoms with Gasteiger partial charge < -0.3 is 19.1 Å². The Balaban J connectivity index is 2.31.